The van der Waals surface area contributed by atoms with Crippen molar-refractivity contribution in [1.82, 2.24) is 15.2 Å². The van der Waals surface area contributed by atoms with Crippen molar-refractivity contribution in [3.8, 4) is 0 Å². The Balaban J connectivity index is 1.91. The first-order chi connectivity index (χ1) is 12.3. The Labute approximate surface area is 154 Å². The third kappa shape index (κ3) is 4.21. The number of aromatic nitrogens is 1. The van der Waals surface area contributed by atoms with Crippen molar-refractivity contribution in [2.75, 3.05) is 13.1 Å². The van der Waals surface area contributed by atoms with Crippen LogP contribution < -0.4 is 5.32 Å². The van der Waals surface area contributed by atoms with Gasteiger partial charge in [0.1, 0.15) is 0 Å². The molecule has 2 amide bonds. The second kappa shape index (κ2) is 7.06. The molecular weight excluding hydrogens is 326 g/mol. The van der Waals surface area contributed by atoms with Gasteiger partial charge in [-0.1, -0.05) is 18.2 Å². The maximum absolute atomic E-state index is 13.2. The number of nitrogens with one attached hydrogen (secondary N) is 1. The molecule has 1 fully saturated rings. The molecule has 1 N–H and O–H groups in total. The smallest absolute Gasteiger partial charge is 0.255 e. The molecule has 0 atom stereocenters. The summed E-state index contributed by atoms with van der Waals surface area (Å²) in [7, 11) is 0. The summed E-state index contributed by atoms with van der Waals surface area (Å²) in [6.45, 7) is 8.23. The molecule has 0 saturated heterocycles. The van der Waals surface area contributed by atoms with E-state index in [1.165, 1.54) is 0 Å². The number of hydrogen-bond donors (Lipinski definition) is 1. The van der Waals surface area contributed by atoms with E-state index in [1.807, 2.05) is 58.0 Å². The topological polar surface area (TPSA) is 62.3 Å². The average molecular weight is 353 g/mol. The zero-order valence-corrected chi connectivity index (χ0v) is 16.0. The molecule has 1 aromatic carbocycles. The highest BCUT2D eigenvalue weighted by molar-refractivity contribution is 6.07. The van der Waals surface area contributed by atoms with Crippen molar-refractivity contribution < 1.29 is 9.59 Å². The fourth-order valence-electron chi connectivity index (χ4n) is 3.09. The van der Waals surface area contributed by atoms with Gasteiger partial charge in [-0.05, 0) is 52.7 Å². The van der Waals surface area contributed by atoms with Gasteiger partial charge in [0.15, 0.2) is 0 Å². The highest BCUT2D eigenvalue weighted by Gasteiger charge is 2.28. The Morgan fingerprint density at radius 2 is 1.92 bits per heavy atom. The molecule has 138 valence electrons. The maximum atomic E-state index is 13.2. The number of rotatable bonds is 5. The molecule has 0 radical (unpaired) electrons. The Kier molecular flexibility index (Phi) is 4.99. The van der Waals surface area contributed by atoms with Crippen molar-refractivity contribution in [3.05, 3.63) is 41.6 Å². The third-order valence-corrected chi connectivity index (χ3v) is 4.48. The van der Waals surface area contributed by atoms with Crippen LogP contribution in [0.1, 0.15) is 62.5 Å². The first-order valence-corrected chi connectivity index (χ1v) is 9.28. The molecule has 26 heavy (non-hydrogen) atoms. The fourth-order valence-corrected chi connectivity index (χ4v) is 3.09. The molecule has 1 aliphatic rings. The van der Waals surface area contributed by atoms with Crippen LogP contribution >= 0.6 is 0 Å². The van der Waals surface area contributed by atoms with Gasteiger partial charge >= 0.3 is 0 Å². The third-order valence-electron chi connectivity index (χ3n) is 4.48. The van der Waals surface area contributed by atoms with E-state index in [4.69, 9.17) is 4.98 Å². The summed E-state index contributed by atoms with van der Waals surface area (Å²) in [5, 5.41) is 3.77. The van der Waals surface area contributed by atoms with Crippen molar-refractivity contribution in [1.29, 1.82) is 0 Å². The SMILES string of the molecule is CCN(CC(=O)NC(C)(C)C)C(=O)c1cc(C2CC2)nc2ccccc12. The Bertz CT molecular complexity index is 835. The van der Waals surface area contributed by atoms with Crippen LogP contribution in [0.3, 0.4) is 0 Å². The number of hydrogen-bond acceptors (Lipinski definition) is 3. The summed E-state index contributed by atoms with van der Waals surface area (Å²) in [4.78, 5) is 31.8. The molecule has 0 spiro atoms. The lowest BCUT2D eigenvalue weighted by Gasteiger charge is -2.25. The molecule has 0 aliphatic heterocycles. The number of benzene rings is 1. The maximum Gasteiger partial charge on any atom is 0.255 e. The van der Waals surface area contributed by atoms with E-state index in [9.17, 15) is 9.59 Å². The number of fused-ring (bicyclic) bond motifs is 1. The fraction of sp³-hybridized carbons (Fsp3) is 0.476. The summed E-state index contributed by atoms with van der Waals surface area (Å²) in [6.07, 6.45) is 2.26. The van der Waals surface area contributed by atoms with E-state index in [-0.39, 0.29) is 23.9 Å². The van der Waals surface area contributed by atoms with Gasteiger partial charge in [0.25, 0.3) is 5.91 Å². The van der Waals surface area contributed by atoms with Crippen molar-refractivity contribution >= 4 is 22.7 Å². The second-order valence-corrected chi connectivity index (χ2v) is 8.00. The number of pyridine rings is 1. The quantitative estimate of drug-likeness (QED) is 0.895. The molecule has 5 nitrogen and oxygen atoms in total. The summed E-state index contributed by atoms with van der Waals surface area (Å²) in [5.74, 6) is 0.205. The molecule has 1 heterocycles. The lowest BCUT2D eigenvalue weighted by Crippen LogP contribution is -2.47. The summed E-state index contributed by atoms with van der Waals surface area (Å²) in [6, 6.07) is 9.65. The molecule has 1 aromatic heterocycles. The molecule has 0 bridgehead atoms. The monoisotopic (exact) mass is 353 g/mol. The van der Waals surface area contributed by atoms with E-state index in [0.29, 0.717) is 18.0 Å². The largest absolute Gasteiger partial charge is 0.350 e. The van der Waals surface area contributed by atoms with Crippen LogP contribution in [-0.4, -0.2) is 40.3 Å². The molecule has 2 aromatic rings. The normalized spacial score (nSPS) is 14.3. The number of nitrogens with zero attached hydrogens (tertiary/aromatic N) is 2. The first kappa shape index (κ1) is 18.4. The van der Waals surface area contributed by atoms with Gasteiger partial charge in [-0.2, -0.15) is 0 Å². The number of carbonyl (C=O) groups excluding carboxylic acids is 2. The highest BCUT2D eigenvalue weighted by atomic mass is 16.2. The van der Waals surface area contributed by atoms with Crippen molar-refractivity contribution in [2.24, 2.45) is 0 Å². The van der Waals surface area contributed by atoms with Crippen LogP contribution in [0.5, 0.6) is 0 Å². The number of amides is 2. The van der Waals surface area contributed by atoms with E-state index >= 15 is 0 Å². The average Bonchev–Trinajstić information content (AvgIpc) is 3.41. The molecular formula is C21H27N3O2. The Morgan fingerprint density at radius 1 is 1.23 bits per heavy atom. The number of carbonyl (C=O) groups is 2. The van der Waals surface area contributed by atoms with E-state index < -0.39 is 0 Å². The molecule has 5 heteroatoms. The van der Waals surface area contributed by atoms with Gasteiger partial charge < -0.3 is 10.2 Å². The summed E-state index contributed by atoms with van der Waals surface area (Å²) >= 11 is 0. The van der Waals surface area contributed by atoms with Gasteiger partial charge in [-0.15, -0.1) is 0 Å². The van der Waals surface area contributed by atoms with Gasteiger partial charge in [0.05, 0.1) is 17.6 Å². The minimum Gasteiger partial charge on any atom is -0.350 e. The van der Waals surface area contributed by atoms with Crippen LogP contribution in [0.2, 0.25) is 0 Å². The van der Waals surface area contributed by atoms with E-state index in [2.05, 4.69) is 5.32 Å². The lowest BCUT2D eigenvalue weighted by atomic mass is 10.0. The van der Waals surface area contributed by atoms with Gasteiger partial charge in [0.2, 0.25) is 5.91 Å². The van der Waals surface area contributed by atoms with Gasteiger partial charge in [-0.25, -0.2) is 0 Å². The lowest BCUT2D eigenvalue weighted by molar-refractivity contribution is -0.123. The standard InChI is InChI=1S/C21H27N3O2/c1-5-24(13-19(25)23-21(2,3)4)20(26)16-12-18(14-10-11-14)22-17-9-7-6-8-15(16)17/h6-9,12,14H,5,10-11,13H2,1-4H3,(H,23,25). The molecule has 1 saturated carbocycles. The van der Waals surface area contributed by atoms with E-state index in [1.54, 1.807) is 4.90 Å². The molecule has 1 aliphatic carbocycles. The van der Waals surface area contributed by atoms with Crippen LogP contribution in [0.25, 0.3) is 10.9 Å². The van der Waals surface area contributed by atoms with Crippen molar-refractivity contribution in [2.45, 2.75) is 52.0 Å². The van der Waals surface area contributed by atoms with E-state index in [0.717, 1.165) is 29.4 Å². The molecule has 3 rings (SSSR count). The van der Waals surface area contributed by atoms with Crippen molar-refractivity contribution in [3.63, 3.8) is 0 Å². The minimum absolute atomic E-state index is 0.0576. The minimum atomic E-state index is -0.317. The Hall–Kier alpha value is -2.43. The summed E-state index contributed by atoms with van der Waals surface area (Å²) in [5.41, 5.74) is 2.16. The number of para-hydroxylation sites is 1. The van der Waals surface area contributed by atoms with Gasteiger partial charge in [-0.3, -0.25) is 14.6 Å². The summed E-state index contributed by atoms with van der Waals surface area (Å²) < 4.78 is 0. The Morgan fingerprint density at radius 3 is 2.54 bits per heavy atom. The predicted molar refractivity (Wildman–Crippen MR) is 103 cm³/mol. The second-order valence-electron chi connectivity index (χ2n) is 8.00. The van der Waals surface area contributed by atoms with Crippen LogP contribution in [0, 0.1) is 0 Å². The first-order valence-electron chi connectivity index (χ1n) is 9.28. The number of likely N-dealkylation sites (N-methyl/N-ethyl adjacent to an activating group) is 1. The van der Waals surface area contributed by atoms with Gasteiger partial charge in [0, 0.05) is 29.1 Å². The van der Waals surface area contributed by atoms with Crippen LogP contribution in [-0.2, 0) is 4.79 Å². The van der Waals surface area contributed by atoms with Crippen LogP contribution in [0.15, 0.2) is 30.3 Å². The van der Waals surface area contributed by atoms with Crippen LogP contribution in [0.4, 0.5) is 0 Å². The predicted octanol–water partition coefficient (Wildman–Crippen LogP) is 3.49. The molecule has 0 unspecified atom stereocenters. The zero-order valence-electron chi connectivity index (χ0n) is 16.0. The highest BCUT2D eigenvalue weighted by Crippen LogP contribution is 2.40. The zero-order chi connectivity index (χ0) is 18.9.